The molecule has 13 heavy (non-hydrogen) atoms. The molecule has 1 aromatic rings. The molecule has 1 aliphatic heterocycles. The number of benzene rings is 1. The Morgan fingerprint density at radius 3 is 2.62 bits per heavy atom. The van der Waals surface area contributed by atoms with Crippen molar-refractivity contribution in [1.29, 1.82) is 0 Å². The summed E-state index contributed by atoms with van der Waals surface area (Å²) >= 11 is 0. The lowest BCUT2D eigenvalue weighted by Gasteiger charge is -2.19. The largest absolute Gasteiger partial charge is 0.395 e. The van der Waals surface area contributed by atoms with Gasteiger partial charge in [-0.3, -0.25) is 0 Å². The number of nitrogen functional groups attached to an aromatic ring is 1. The summed E-state index contributed by atoms with van der Waals surface area (Å²) in [6.45, 7) is 1.99. The SMILES string of the molecule is Nc1c(F)cccc1N1CCCC1. The zero-order valence-corrected chi connectivity index (χ0v) is 7.46. The van der Waals surface area contributed by atoms with Gasteiger partial charge in [-0.2, -0.15) is 0 Å². The van der Waals surface area contributed by atoms with Crippen LogP contribution in [0.4, 0.5) is 15.8 Å². The Bertz CT molecular complexity index is 306. The minimum Gasteiger partial charge on any atom is -0.395 e. The van der Waals surface area contributed by atoms with E-state index in [0.29, 0.717) is 0 Å². The van der Waals surface area contributed by atoms with E-state index in [1.165, 1.54) is 18.9 Å². The molecule has 1 aliphatic rings. The molecule has 1 saturated heterocycles. The number of hydrogen-bond donors (Lipinski definition) is 1. The van der Waals surface area contributed by atoms with Crippen molar-refractivity contribution in [1.82, 2.24) is 0 Å². The Kier molecular flexibility index (Phi) is 2.08. The van der Waals surface area contributed by atoms with Crippen LogP contribution in [0.1, 0.15) is 12.8 Å². The van der Waals surface area contributed by atoms with Gasteiger partial charge in [0.05, 0.1) is 11.4 Å². The molecule has 70 valence electrons. The van der Waals surface area contributed by atoms with Crippen LogP contribution in [0, 0.1) is 5.82 Å². The minimum absolute atomic E-state index is 0.282. The number of nitrogens with two attached hydrogens (primary N) is 1. The molecule has 0 saturated carbocycles. The Morgan fingerprint density at radius 2 is 1.92 bits per heavy atom. The monoisotopic (exact) mass is 180 g/mol. The molecule has 0 aliphatic carbocycles. The van der Waals surface area contributed by atoms with Crippen molar-refractivity contribution in [3.63, 3.8) is 0 Å². The summed E-state index contributed by atoms with van der Waals surface area (Å²) in [5.41, 5.74) is 6.77. The molecule has 1 aromatic carbocycles. The molecule has 0 atom stereocenters. The first-order chi connectivity index (χ1) is 6.29. The topological polar surface area (TPSA) is 29.3 Å². The molecular formula is C10H13FN2. The molecule has 0 spiro atoms. The highest BCUT2D eigenvalue weighted by molar-refractivity contribution is 5.68. The fourth-order valence-electron chi connectivity index (χ4n) is 1.76. The lowest BCUT2D eigenvalue weighted by atomic mass is 10.2. The third-order valence-electron chi connectivity index (χ3n) is 2.48. The van der Waals surface area contributed by atoms with E-state index < -0.39 is 0 Å². The van der Waals surface area contributed by atoms with Gasteiger partial charge in [-0.25, -0.2) is 4.39 Å². The Balaban J connectivity index is 2.33. The fraction of sp³-hybridized carbons (Fsp3) is 0.400. The van der Waals surface area contributed by atoms with Crippen LogP contribution in [0.5, 0.6) is 0 Å². The average Bonchev–Trinajstić information content (AvgIpc) is 2.62. The van der Waals surface area contributed by atoms with E-state index in [9.17, 15) is 4.39 Å². The zero-order chi connectivity index (χ0) is 9.26. The van der Waals surface area contributed by atoms with Crippen molar-refractivity contribution in [2.75, 3.05) is 23.7 Å². The van der Waals surface area contributed by atoms with Gasteiger partial charge < -0.3 is 10.6 Å². The fourth-order valence-corrected chi connectivity index (χ4v) is 1.76. The van der Waals surface area contributed by atoms with Gasteiger partial charge >= 0.3 is 0 Å². The van der Waals surface area contributed by atoms with E-state index >= 15 is 0 Å². The van der Waals surface area contributed by atoms with Crippen LogP contribution in [0.25, 0.3) is 0 Å². The van der Waals surface area contributed by atoms with Crippen LogP contribution in [0.3, 0.4) is 0 Å². The van der Waals surface area contributed by atoms with Gasteiger partial charge in [0.2, 0.25) is 0 Å². The number of nitrogens with zero attached hydrogens (tertiary/aromatic N) is 1. The maximum absolute atomic E-state index is 13.1. The summed E-state index contributed by atoms with van der Waals surface area (Å²) in [5, 5.41) is 0. The number of hydrogen-bond acceptors (Lipinski definition) is 2. The summed E-state index contributed by atoms with van der Waals surface area (Å²) in [6.07, 6.45) is 2.35. The maximum atomic E-state index is 13.1. The summed E-state index contributed by atoms with van der Waals surface area (Å²) in [7, 11) is 0. The molecule has 2 N–H and O–H groups in total. The highest BCUT2D eigenvalue weighted by Crippen LogP contribution is 2.28. The Morgan fingerprint density at radius 1 is 1.23 bits per heavy atom. The predicted molar refractivity (Wildman–Crippen MR) is 52.3 cm³/mol. The van der Waals surface area contributed by atoms with E-state index in [4.69, 9.17) is 5.73 Å². The van der Waals surface area contributed by atoms with Gasteiger partial charge in [0.1, 0.15) is 5.82 Å². The van der Waals surface area contributed by atoms with Crippen LogP contribution < -0.4 is 10.6 Å². The van der Waals surface area contributed by atoms with Gasteiger partial charge in [-0.05, 0) is 25.0 Å². The molecule has 1 heterocycles. The zero-order valence-electron chi connectivity index (χ0n) is 7.46. The van der Waals surface area contributed by atoms with Gasteiger partial charge in [0, 0.05) is 13.1 Å². The second kappa shape index (κ2) is 3.24. The molecule has 0 bridgehead atoms. The van der Waals surface area contributed by atoms with Crippen molar-refractivity contribution in [2.24, 2.45) is 0 Å². The van der Waals surface area contributed by atoms with Crippen molar-refractivity contribution >= 4 is 11.4 Å². The van der Waals surface area contributed by atoms with Crippen LogP contribution in [-0.4, -0.2) is 13.1 Å². The molecule has 0 unspecified atom stereocenters. The average molecular weight is 180 g/mol. The van der Waals surface area contributed by atoms with Crippen molar-refractivity contribution in [2.45, 2.75) is 12.8 Å². The molecule has 0 aromatic heterocycles. The van der Waals surface area contributed by atoms with Crippen molar-refractivity contribution in [3.05, 3.63) is 24.0 Å². The van der Waals surface area contributed by atoms with E-state index in [0.717, 1.165) is 18.8 Å². The highest BCUT2D eigenvalue weighted by Gasteiger charge is 2.15. The van der Waals surface area contributed by atoms with Crippen molar-refractivity contribution < 1.29 is 4.39 Å². The lowest BCUT2D eigenvalue weighted by Crippen LogP contribution is -2.19. The summed E-state index contributed by atoms with van der Waals surface area (Å²) in [6, 6.07) is 4.98. The third kappa shape index (κ3) is 1.46. The first-order valence-corrected chi connectivity index (χ1v) is 4.58. The first-order valence-electron chi connectivity index (χ1n) is 4.58. The second-order valence-corrected chi connectivity index (χ2v) is 3.37. The summed E-state index contributed by atoms with van der Waals surface area (Å²) < 4.78 is 13.1. The van der Waals surface area contributed by atoms with Gasteiger partial charge in [-0.15, -0.1) is 0 Å². The standard InChI is InChI=1S/C10H13FN2/c11-8-4-3-5-9(10(8)12)13-6-1-2-7-13/h3-5H,1-2,6-7,12H2. The second-order valence-electron chi connectivity index (χ2n) is 3.37. The molecule has 2 rings (SSSR count). The Hall–Kier alpha value is -1.25. The van der Waals surface area contributed by atoms with Gasteiger partial charge in [0.15, 0.2) is 0 Å². The molecule has 2 nitrogen and oxygen atoms in total. The van der Waals surface area contributed by atoms with Crippen LogP contribution in [0.2, 0.25) is 0 Å². The number of anilines is 2. The number of halogens is 1. The maximum Gasteiger partial charge on any atom is 0.148 e. The normalized spacial score (nSPS) is 16.5. The lowest BCUT2D eigenvalue weighted by molar-refractivity contribution is 0.632. The molecular weight excluding hydrogens is 167 g/mol. The number of rotatable bonds is 1. The van der Waals surface area contributed by atoms with Crippen LogP contribution >= 0.6 is 0 Å². The summed E-state index contributed by atoms with van der Waals surface area (Å²) in [4.78, 5) is 2.14. The van der Waals surface area contributed by atoms with Crippen LogP contribution in [-0.2, 0) is 0 Å². The van der Waals surface area contributed by atoms with Crippen molar-refractivity contribution in [3.8, 4) is 0 Å². The Labute approximate surface area is 77.2 Å². The predicted octanol–water partition coefficient (Wildman–Crippen LogP) is 2.01. The van der Waals surface area contributed by atoms with Gasteiger partial charge in [0.25, 0.3) is 0 Å². The first kappa shape index (κ1) is 8.35. The molecule has 1 fully saturated rings. The van der Waals surface area contributed by atoms with Gasteiger partial charge in [-0.1, -0.05) is 6.07 Å². The quantitative estimate of drug-likeness (QED) is 0.670. The van der Waals surface area contributed by atoms with E-state index in [1.54, 1.807) is 6.07 Å². The highest BCUT2D eigenvalue weighted by atomic mass is 19.1. The molecule has 0 radical (unpaired) electrons. The number of para-hydroxylation sites is 1. The molecule has 0 amide bonds. The van der Waals surface area contributed by atoms with E-state index in [1.807, 2.05) is 6.07 Å². The van der Waals surface area contributed by atoms with Crippen LogP contribution in [0.15, 0.2) is 18.2 Å². The molecule has 3 heteroatoms. The minimum atomic E-state index is -0.315. The third-order valence-corrected chi connectivity index (χ3v) is 2.48. The van der Waals surface area contributed by atoms with E-state index in [-0.39, 0.29) is 11.5 Å². The summed E-state index contributed by atoms with van der Waals surface area (Å²) in [5.74, 6) is -0.315. The smallest absolute Gasteiger partial charge is 0.148 e. The van der Waals surface area contributed by atoms with E-state index in [2.05, 4.69) is 4.90 Å².